The van der Waals surface area contributed by atoms with Gasteiger partial charge in [0.1, 0.15) is 5.54 Å². The van der Waals surface area contributed by atoms with Crippen LogP contribution in [0.5, 0.6) is 0 Å². The molecule has 0 aromatic heterocycles. The molecule has 8 heteroatoms. The van der Waals surface area contributed by atoms with Gasteiger partial charge < -0.3 is 15.7 Å². The summed E-state index contributed by atoms with van der Waals surface area (Å²) in [6.07, 6.45) is 4.31. The Bertz CT molecular complexity index is 732. The fraction of sp³-hybridized carbons (Fsp3) is 0.500. The van der Waals surface area contributed by atoms with Crippen LogP contribution >= 0.6 is 23.4 Å². The maximum Gasteiger partial charge on any atom is 0.329 e. The van der Waals surface area contributed by atoms with Crippen LogP contribution in [0.25, 0.3) is 0 Å². The third kappa shape index (κ3) is 4.15. The second kappa shape index (κ2) is 7.88. The number of aliphatic carboxylic acids is 1. The number of fused-ring (bicyclic) bond motifs is 1. The molecule has 1 aromatic rings. The number of carboxylic acid groups (broad SMARTS) is 1. The van der Waals surface area contributed by atoms with Gasteiger partial charge in [0.05, 0.1) is 10.9 Å². The van der Waals surface area contributed by atoms with Crippen LogP contribution in [-0.2, 0) is 14.4 Å². The summed E-state index contributed by atoms with van der Waals surface area (Å²) in [7, 11) is 0. The van der Waals surface area contributed by atoms with E-state index in [0.29, 0.717) is 23.6 Å². The van der Waals surface area contributed by atoms with Gasteiger partial charge in [0.25, 0.3) is 0 Å². The van der Waals surface area contributed by atoms with Crippen molar-refractivity contribution in [2.45, 2.75) is 60.6 Å². The molecule has 1 saturated carbocycles. The second-order valence-electron chi connectivity index (χ2n) is 6.79. The van der Waals surface area contributed by atoms with Gasteiger partial charge in [-0.05, 0) is 31.0 Å². The number of carboxylic acids is 1. The van der Waals surface area contributed by atoms with Crippen LogP contribution in [0, 0.1) is 0 Å². The van der Waals surface area contributed by atoms with Crippen molar-refractivity contribution in [3.63, 3.8) is 0 Å². The van der Waals surface area contributed by atoms with Gasteiger partial charge >= 0.3 is 5.97 Å². The Labute approximate surface area is 161 Å². The van der Waals surface area contributed by atoms with Gasteiger partial charge in [-0.3, -0.25) is 9.59 Å². The lowest BCUT2D eigenvalue weighted by Crippen LogP contribution is -2.55. The Hall–Kier alpha value is -1.73. The zero-order chi connectivity index (χ0) is 18.7. The topological polar surface area (TPSA) is 95.5 Å². The average Bonchev–Trinajstić information content (AvgIpc) is 2.82. The molecule has 0 saturated heterocycles. The molecule has 3 rings (SSSR count). The average molecular weight is 397 g/mol. The standard InChI is InChI=1S/C18H21ClN2O4S/c19-11-5-6-13-12(9-11)20-16(23)14(26-13)10-15(22)21-18(17(24)25)7-3-1-2-4-8-18/h5-6,9,14H,1-4,7-8,10H2,(H,20,23)(H,21,22)(H,24,25). The Balaban J connectivity index is 1.68. The number of rotatable bonds is 4. The van der Waals surface area contributed by atoms with Gasteiger partial charge in [0.2, 0.25) is 11.8 Å². The van der Waals surface area contributed by atoms with Crippen molar-refractivity contribution in [2.75, 3.05) is 5.32 Å². The van der Waals surface area contributed by atoms with Crippen molar-refractivity contribution in [1.29, 1.82) is 0 Å². The van der Waals surface area contributed by atoms with E-state index in [4.69, 9.17) is 11.6 Å². The molecule has 2 aliphatic rings. The highest BCUT2D eigenvalue weighted by molar-refractivity contribution is 8.01. The highest BCUT2D eigenvalue weighted by atomic mass is 35.5. The van der Waals surface area contributed by atoms with E-state index in [1.807, 2.05) is 0 Å². The monoisotopic (exact) mass is 396 g/mol. The summed E-state index contributed by atoms with van der Waals surface area (Å²) in [5.74, 6) is -1.67. The number of hydrogen-bond acceptors (Lipinski definition) is 4. The van der Waals surface area contributed by atoms with Crippen LogP contribution in [0.3, 0.4) is 0 Å². The third-order valence-corrected chi connectivity index (χ3v) is 6.39. The maximum atomic E-state index is 12.5. The summed E-state index contributed by atoms with van der Waals surface area (Å²) in [4.78, 5) is 37.5. The zero-order valence-corrected chi connectivity index (χ0v) is 15.8. The van der Waals surface area contributed by atoms with E-state index in [-0.39, 0.29) is 12.3 Å². The number of amides is 2. The van der Waals surface area contributed by atoms with Crippen LogP contribution in [-0.4, -0.2) is 33.7 Å². The van der Waals surface area contributed by atoms with Crippen molar-refractivity contribution >= 4 is 46.8 Å². The Kier molecular flexibility index (Phi) is 5.77. The Morgan fingerprint density at radius 1 is 1.27 bits per heavy atom. The van der Waals surface area contributed by atoms with Gasteiger partial charge in [-0.1, -0.05) is 37.3 Å². The van der Waals surface area contributed by atoms with E-state index in [1.54, 1.807) is 18.2 Å². The van der Waals surface area contributed by atoms with E-state index >= 15 is 0 Å². The van der Waals surface area contributed by atoms with Crippen molar-refractivity contribution in [3.05, 3.63) is 23.2 Å². The van der Waals surface area contributed by atoms with Crippen molar-refractivity contribution in [1.82, 2.24) is 5.32 Å². The van der Waals surface area contributed by atoms with E-state index < -0.39 is 22.7 Å². The molecule has 1 aromatic carbocycles. The van der Waals surface area contributed by atoms with E-state index in [2.05, 4.69) is 10.6 Å². The van der Waals surface area contributed by atoms with Crippen LogP contribution in [0.15, 0.2) is 23.1 Å². The Morgan fingerprint density at radius 2 is 1.96 bits per heavy atom. The first-order valence-corrected chi connectivity index (χ1v) is 9.97. The second-order valence-corrected chi connectivity index (χ2v) is 8.47. The summed E-state index contributed by atoms with van der Waals surface area (Å²) >= 11 is 7.23. The SMILES string of the molecule is O=C(CC1Sc2ccc(Cl)cc2NC1=O)NC1(C(=O)O)CCCCCC1. The summed E-state index contributed by atoms with van der Waals surface area (Å²) in [6.45, 7) is 0. The lowest BCUT2D eigenvalue weighted by Gasteiger charge is -2.30. The predicted octanol–water partition coefficient (Wildman–Crippen LogP) is 3.44. The van der Waals surface area contributed by atoms with Crippen molar-refractivity contribution in [3.8, 4) is 0 Å². The minimum atomic E-state index is -1.21. The first kappa shape index (κ1) is 19.0. The summed E-state index contributed by atoms with van der Waals surface area (Å²) in [5.41, 5.74) is -0.579. The van der Waals surface area contributed by atoms with Gasteiger partial charge in [0.15, 0.2) is 0 Å². The molecule has 26 heavy (non-hydrogen) atoms. The molecule has 3 N–H and O–H groups in total. The predicted molar refractivity (Wildman–Crippen MR) is 101 cm³/mol. The largest absolute Gasteiger partial charge is 0.480 e. The van der Waals surface area contributed by atoms with Gasteiger partial charge in [-0.15, -0.1) is 11.8 Å². The molecule has 1 heterocycles. The van der Waals surface area contributed by atoms with E-state index in [1.165, 1.54) is 11.8 Å². The molecule has 1 aliphatic heterocycles. The molecule has 2 amide bonds. The fourth-order valence-corrected chi connectivity index (χ4v) is 4.73. The Morgan fingerprint density at radius 3 is 2.62 bits per heavy atom. The number of carbonyl (C=O) groups excluding carboxylic acids is 2. The number of anilines is 1. The summed E-state index contributed by atoms with van der Waals surface area (Å²) in [6, 6.07) is 5.20. The molecule has 0 radical (unpaired) electrons. The van der Waals surface area contributed by atoms with Crippen LogP contribution in [0.1, 0.15) is 44.9 Å². The smallest absolute Gasteiger partial charge is 0.329 e. The highest BCUT2D eigenvalue weighted by Gasteiger charge is 2.41. The number of nitrogens with one attached hydrogen (secondary N) is 2. The van der Waals surface area contributed by atoms with Gasteiger partial charge in [-0.25, -0.2) is 4.79 Å². The van der Waals surface area contributed by atoms with Crippen LogP contribution in [0.4, 0.5) is 5.69 Å². The number of carbonyl (C=O) groups is 3. The van der Waals surface area contributed by atoms with E-state index in [0.717, 1.165) is 30.6 Å². The van der Waals surface area contributed by atoms with Crippen LogP contribution < -0.4 is 10.6 Å². The number of hydrogen-bond donors (Lipinski definition) is 3. The lowest BCUT2D eigenvalue weighted by atomic mass is 9.90. The molecule has 140 valence electrons. The number of halogens is 1. The minimum absolute atomic E-state index is 0.0619. The third-order valence-electron chi connectivity index (χ3n) is 4.88. The van der Waals surface area contributed by atoms with Gasteiger partial charge in [-0.2, -0.15) is 0 Å². The summed E-state index contributed by atoms with van der Waals surface area (Å²) < 4.78 is 0. The van der Waals surface area contributed by atoms with Gasteiger partial charge in [0, 0.05) is 16.3 Å². The summed E-state index contributed by atoms with van der Waals surface area (Å²) in [5, 5.41) is 15.1. The quantitative estimate of drug-likeness (QED) is 0.677. The lowest BCUT2D eigenvalue weighted by molar-refractivity contribution is -0.148. The highest BCUT2D eigenvalue weighted by Crippen LogP contribution is 2.38. The zero-order valence-electron chi connectivity index (χ0n) is 14.2. The molecule has 1 aliphatic carbocycles. The normalized spacial score (nSPS) is 21.9. The number of benzene rings is 1. The fourth-order valence-electron chi connectivity index (χ4n) is 3.47. The molecule has 1 atom stereocenters. The van der Waals surface area contributed by atoms with Crippen molar-refractivity contribution < 1.29 is 19.5 Å². The molecule has 1 unspecified atom stereocenters. The molecule has 0 bridgehead atoms. The van der Waals surface area contributed by atoms with Crippen molar-refractivity contribution in [2.24, 2.45) is 0 Å². The molecule has 0 spiro atoms. The maximum absolute atomic E-state index is 12.5. The van der Waals surface area contributed by atoms with E-state index in [9.17, 15) is 19.5 Å². The molecule has 1 fully saturated rings. The minimum Gasteiger partial charge on any atom is -0.480 e. The first-order chi connectivity index (χ1) is 12.4. The molecular weight excluding hydrogens is 376 g/mol. The van der Waals surface area contributed by atoms with Crippen LogP contribution in [0.2, 0.25) is 5.02 Å². The number of thioether (sulfide) groups is 1. The molecule has 6 nitrogen and oxygen atoms in total. The molecular formula is C18H21ClN2O4S. The first-order valence-electron chi connectivity index (χ1n) is 8.71.